The zero-order valence-electron chi connectivity index (χ0n) is 29.8. The van der Waals surface area contributed by atoms with Gasteiger partial charge >= 0.3 is 0 Å². The van der Waals surface area contributed by atoms with Crippen LogP contribution in [0.5, 0.6) is 5.88 Å². The molecule has 15 nitrogen and oxygen atoms in total. The number of nitrogens with two attached hydrogens (primary N) is 3. The van der Waals surface area contributed by atoms with E-state index in [9.17, 15) is 5.26 Å². The molecule has 5 unspecified atom stereocenters. The summed E-state index contributed by atoms with van der Waals surface area (Å²) in [5.74, 6) is 8.23. The van der Waals surface area contributed by atoms with Crippen molar-refractivity contribution in [1.29, 1.82) is 5.26 Å². The Kier molecular flexibility index (Phi) is 8.86. The van der Waals surface area contributed by atoms with Gasteiger partial charge in [0, 0.05) is 50.0 Å². The van der Waals surface area contributed by atoms with Crippen LogP contribution in [0.15, 0.2) is 41.2 Å². The minimum absolute atomic E-state index is 0.0291. The summed E-state index contributed by atoms with van der Waals surface area (Å²) in [6.45, 7) is 4.16. The van der Waals surface area contributed by atoms with Gasteiger partial charge in [0.15, 0.2) is 23.1 Å². The SMILES string of the molecule is COC1CCN(C)C1C(C)Oc1cc(-n2ccc(/C(N)=C/N(N)C3CCOC3)n2)nc(-c2noc3c2CCCC32CCc3ccc(N)c(C#N)c32)n1. The predicted octanol–water partition coefficient (Wildman–Crippen LogP) is 3.05. The predicted molar refractivity (Wildman–Crippen MR) is 192 cm³/mol. The Bertz CT molecular complexity index is 2050. The van der Waals surface area contributed by atoms with Crippen LogP contribution in [0.2, 0.25) is 0 Å². The normalized spacial score (nSPS) is 24.9. The monoisotopic (exact) mass is 707 g/mol. The average Bonchev–Trinajstić information content (AvgIpc) is 3.99. The molecule has 5 heterocycles. The third kappa shape index (κ3) is 5.76. The lowest BCUT2D eigenvalue weighted by Gasteiger charge is -2.33. The standard InChI is InChI=1S/C37H45N11O4/c1-21(34-29(49-3)10-14-46(34)2)51-31-17-30(48-15-9-28(44-48)27(40)19-47(41)23-11-16-50-20-23)42-36(43-31)33-24-5-4-12-37(35(24)52-45-33)13-8-22-6-7-26(39)25(18-38)32(22)37/h6-7,9,15,17,19,21,23,29,34H,4-5,8,10-14,16,20,39-41H2,1-3H3/b27-19-. The number of nitriles is 1. The van der Waals surface area contributed by atoms with E-state index in [0.29, 0.717) is 59.1 Å². The van der Waals surface area contributed by atoms with Crippen LogP contribution in [0, 0.1) is 11.3 Å². The van der Waals surface area contributed by atoms with Gasteiger partial charge in [-0.05, 0) is 82.2 Å². The second kappa shape index (κ2) is 13.5. The van der Waals surface area contributed by atoms with Crippen LogP contribution < -0.4 is 22.0 Å². The third-order valence-electron chi connectivity index (χ3n) is 11.4. The van der Waals surface area contributed by atoms with Crippen molar-refractivity contribution in [2.75, 3.05) is 39.6 Å². The van der Waals surface area contributed by atoms with Crippen molar-refractivity contribution >= 4 is 11.4 Å². The van der Waals surface area contributed by atoms with Gasteiger partial charge in [-0.3, -0.25) is 4.90 Å². The highest BCUT2D eigenvalue weighted by Gasteiger charge is 2.49. The van der Waals surface area contributed by atoms with Gasteiger partial charge in [0.1, 0.15) is 17.9 Å². The van der Waals surface area contributed by atoms with Crippen molar-refractivity contribution in [2.24, 2.45) is 11.6 Å². The number of hydrogen-bond donors (Lipinski definition) is 3. The first-order chi connectivity index (χ1) is 25.2. The van der Waals surface area contributed by atoms with Crippen LogP contribution in [0.3, 0.4) is 0 Å². The molecule has 8 rings (SSSR count). The van der Waals surface area contributed by atoms with Crippen LogP contribution in [0.1, 0.15) is 72.7 Å². The van der Waals surface area contributed by atoms with Gasteiger partial charge in [-0.15, -0.1) is 0 Å². The van der Waals surface area contributed by atoms with E-state index in [1.54, 1.807) is 35.3 Å². The number of ether oxygens (including phenoxy) is 3. The van der Waals surface area contributed by atoms with E-state index in [-0.39, 0.29) is 24.3 Å². The number of nitrogens with zero attached hydrogens (tertiary/aromatic N) is 8. The molecule has 0 bridgehead atoms. The van der Waals surface area contributed by atoms with Crippen molar-refractivity contribution in [1.82, 2.24) is 34.8 Å². The summed E-state index contributed by atoms with van der Waals surface area (Å²) in [6, 6.07) is 9.90. The van der Waals surface area contributed by atoms with Crippen LogP contribution in [-0.4, -0.2) is 93.0 Å². The highest BCUT2D eigenvalue weighted by molar-refractivity contribution is 5.68. The number of likely N-dealkylation sites (N-methyl/N-ethyl adjacent to an activating group) is 1. The van der Waals surface area contributed by atoms with E-state index in [4.69, 9.17) is 51.1 Å². The molecule has 4 aliphatic rings. The Morgan fingerprint density at radius 1 is 1.21 bits per heavy atom. The van der Waals surface area contributed by atoms with E-state index in [1.165, 1.54) is 0 Å². The summed E-state index contributed by atoms with van der Waals surface area (Å²) in [6.07, 6.45) is 9.07. The summed E-state index contributed by atoms with van der Waals surface area (Å²) in [4.78, 5) is 12.2. The largest absolute Gasteiger partial charge is 0.473 e. The van der Waals surface area contributed by atoms with E-state index in [1.807, 2.05) is 25.1 Å². The van der Waals surface area contributed by atoms with E-state index < -0.39 is 5.41 Å². The number of hydrogen-bond acceptors (Lipinski definition) is 14. The van der Waals surface area contributed by atoms with Gasteiger partial charge < -0.3 is 35.2 Å². The summed E-state index contributed by atoms with van der Waals surface area (Å²) < 4.78 is 25.8. The van der Waals surface area contributed by atoms with Crippen molar-refractivity contribution in [3.05, 3.63) is 70.4 Å². The molecule has 52 heavy (non-hydrogen) atoms. The number of anilines is 1. The number of fused-ring (bicyclic) bond motifs is 4. The Hall–Kier alpha value is -5.01. The zero-order valence-corrected chi connectivity index (χ0v) is 29.8. The number of hydrazine groups is 1. The number of methoxy groups -OCH3 is 1. The molecule has 3 aromatic heterocycles. The van der Waals surface area contributed by atoms with Gasteiger partial charge in [-0.25, -0.2) is 15.5 Å². The quantitative estimate of drug-likeness (QED) is 0.130. The van der Waals surface area contributed by atoms with Gasteiger partial charge in [0.25, 0.3) is 0 Å². The molecule has 2 saturated heterocycles. The number of aryl methyl sites for hydroxylation is 1. The summed E-state index contributed by atoms with van der Waals surface area (Å²) in [7, 11) is 3.82. The van der Waals surface area contributed by atoms with Crippen molar-refractivity contribution < 1.29 is 18.7 Å². The summed E-state index contributed by atoms with van der Waals surface area (Å²) in [5.41, 5.74) is 17.8. The maximum atomic E-state index is 10.2. The lowest BCUT2D eigenvalue weighted by atomic mass is 9.68. The fourth-order valence-electron chi connectivity index (χ4n) is 8.76. The molecule has 2 fully saturated rings. The number of benzene rings is 1. The number of likely N-dealkylation sites (tertiary alicyclic amines) is 1. The van der Waals surface area contributed by atoms with Gasteiger partial charge in [0.05, 0.1) is 41.5 Å². The summed E-state index contributed by atoms with van der Waals surface area (Å²) >= 11 is 0. The van der Waals surface area contributed by atoms with Crippen molar-refractivity contribution in [2.45, 2.75) is 81.6 Å². The van der Waals surface area contributed by atoms with E-state index in [2.05, 4.69) is 23.2 Å². The molecular weight excluding hydrogens is 662 g/mol. The van der Waals surface area contributed by atoms with Gasteiger partial charge in [-0.1, -0.05) is 11.2 Å². The van der Waals surface area contributed by atoms with Crippen LogP contribution in [0.4, 0.5) is 5.69 Å². The topological polar surface area (TPSA) is 206 Å². The van der Waals surface area contributed by atoms with Crippen molar-refractivity contribution in [3.63, 3.8) is 0 Å². The highest BCUT2D eigenvalue weighted by Crippen LogP contribution is 2.54. The minimum Gasteiger partial charge on any atom is -0.473 e. The summed E-state index contributed by atoms with van der Waals surface area (Å²) in [5, 5.41) is 21.1. The number of rotatable bonds is 9. The Morgan fingerprint density at radius 2 is 2.08 bits per heavy atom. The zero-order chi connectivity index (χ0) is 36.1. The van der Waals surface area contributed by atoms with E-state index in [0.717, 1.165) is 73.9 Å². The molecule has 2 aliphatic heterocycles. The number of nitrogen functional groups attached to an aromatic ring is 1. The molecular formula is C37H45N11O4. The van der Waals surface area contributed by atoms with Gasteiger partial charge in [0.2, 0.25) is 5.88 Å². The second-order valence-electron chi connectivity index (χ2n) is 14.4. The number of aromatic nitrogens is 5. The lowest BCUT2D eigenvalue weighted by molar-refractivity contribution is 0.0174. The smallest absolute Gasteiger partial charge is 0.219 e. The Labute approximate surface area is 302 Å². The van der Waals surface area contributed by atoms with Crippen LogP contribution in [-0.2, 0) is 27.7 Å². The fourth-order valence-corrected chi connectivity index (χ4v) is 8.76. The molecule has 4 aromatic rings. The molecule has 0 radical (unpaired) electrons. The Morgan fingerprint density at radius 3 is 2.87 bits per heavy atom. The third-order valence-corrected chi connectivity index (χ3v) is 11.4. The first kappa shape index (κ1) is 34.1. The van der Waals surface area contributed by atoms with Crippen molar-refractivity contribution in [3.8, 4) is 29.3 Å². The maximum absolute atomic E-state index is 10.2. The Balaban J connectivity index is 1.19. The first-order valence-electron chi connectivity index (χ1n) is 18.0. The van der Waals surface area contributed by atoms with E-state index >= 15 is 0 Å². The molecule has 0 amide bonds. The first-order valence-corrected chi connectivity index (χ1v) is 18.0. The fraction of sp³-hybridized carbons (Fsp3) is 0.486. The molecule has 6 N–H and O–H groups in total. The molecule has 0 saturated carbocycles. The molecule has 272 valence electrons. The van der Waals surface area contributed by atoms with Crippen LogP contribution in [0.25, 0.3) is 23.0 Å². The molecule has 5 atom stereocenters. The van der Waals surface area contributed by atoms with Gasteiger partial charge in [-0.2, -0.15) is 15.3 Å². The maximum Gasteiger partial charge on any atom is 0.219 e. The highest BCUT2D eigenvalue weighted by atomic mass is 16.5. The average molecular weight is 708 g/mol. The molecule has 1 spiro atoms. The molecule has 15 heteroatoms. The molecule has 1 aromatic carbocycles. The van der Waals surface area contributed by atoms with Crippen LogP contribution >= 0.6 is 0 Å². The molecule has 2 aliphatic carbocycles. The minimum atomic E-state index is -0.496. The second-order valence-corrected chi connectivity index (χ2v) is 14.4. The lowest BCUT2D eigenvalue weighted by Crippen LogP contribution is -2.44.